The molecule has 4 amide bonds. The van der Waals surface area contributed by atoms with E-state index in [0.717, 1.165) is 64.2 Å². The largest absolute Gasteiger partial charge is 0.461 e. The van der Waals surface area contributed by atoms with Crippen LogP contribution in [0.3, 0.4) is 0 Å². The zero-order valence-corrected chi connectivity index (χ0v) is 41.3. The number of rotatable bonds is 41. The summed E-state index contributed by atoms with van der Waals surface area (Å²) in [5, 5.41) is 10.4. The van der Waals surface area contributed by atoms with Gasteiger partial charge in [0, 0.05) is 24.2 Å². The van der Waals surface area contributed by atoms with E-state index in [1.54, 1.807) is 0 Å². The molecule has 20 heteroatoms. The average molecular weight is 971 g/mol. The molecule has 0 aromatic rings. The summed E-state index contributed by atoms with van der Waals surface area (Å²) < 4.78 is 41.2. The molecular formula is C48H82N4O16. The third-order valence-electron chi connectivity index (χ3n) is 9.82. The van der Waals surface area contributed by atoms with Crippen molar-refractivity contribution in [3.05, 3.63) is 24.3 Å². The first-order chi connectivity index (χ1) is 32.7. The molecule has 68 heavy (non-hydrogen) atoms. The Bertz CT molecular complexity index is 1380. The zero-order valence-electron chi connectivity index (χ0n) is 41.3. The van der Waals surface area contributed by atoms with E-state index in [9.17, 15) is 38.4 Å². The second-order valence-electron chi connectivity index (χ2n) is 16.2. The average Bonchev–Trinajstić information content (AvgIpc) is 3.30. The van der Waals surface area contributed by atoms with Gasteiger partial charge in [-0.05, 0) is 78.1 Å². The van der Waals surface area contributed by atoms with Gasteiger partial charge in [0.2, 0.25) is 0 Å². The van der Waals surface area contributed by atoms with Gasteiger partial charge in [-0.3, -0.25) is 0 Å². The van der Waals surface area contributed by atoms with Gasteiger partial charge in [-0.2, -0.15) is 0 Å². The maximum absolute atomic E-state index is 12.8. The fourth-order valence-corrected chi connectivity index (χ4v) is 5.92. The maximum atomic E-state index is 12.8. The Balaban J connectivity index is 4.49. The summed E-state index contributed by atoms with van der Waals surface area (Å²) in [5.41, 5.74) is 0.417. The molecule has 0 radical (unpaired) electrons. The molecule has 4 N–H and O–H groups in total. The Labute approximate surface area is 403 Å². The van der Waals surface area contributed by atoms with E-state index in [2.05, 4.69) is 48.3 Å². The number of nitrogens with one attached hydrogen (secondary N) is 4. The molecule has 0 aromatic carbocycles. The van der Waals surface area contributed by atoms with E-state index < -0.39 is 60.3 Å². The molecule has 0 aromatic heterocycles. The highest BCUT2D eigenvalue weighted by molar-refractivity contribution is 5.87. The quantitative estimate of drug-likeness (QED) is 0.0197. The van der Waals surface area contributed by atoms with E-state index in [4.69, 9.17) is 37.9 Å². The van der Waals surface area contributed by atoms with E-state index in [0.29, 0.717) is 51.4 Å². The van der Waals surface area contributed by atoms with E-state index in [-0.39, 0.29) is 89.9 Å². The summed E-state index contributed by atoms with van der Waals surface area (Å²) in [5.74, 6) is -2.65. The molecular weight excluding hydrogens is 889 g/mol. The van der Waals surface area contributed by atoms with Gasteiger partial charge >= 0.3 is 48.3 Å². The van der Waals surface area contributed by atoms with Crippen LogP contribution in [0.25, 0.3) is 0 Å². The highest BCUT2D eigenvalue weighted by atomic mass is 16.6. The Morgan fingerprint density at radius 3 is 1.03 bits per heavy atom. The summed E-state index contributed by atoms with van der Waals surface area (Å²) in [7, 11) is 0. The van der Waals surface area contributed by atoms with Gasteiger partial charge in [0.25, 0.3) is 0 Å². The van der Waals surface area contributed by atoms with Crippen LogP contribution in [0.15, 0.2) is 24.3 Å². The minimum Gasteiger partial charge on any atom is -0.461 e. The van der Waals surface area contributed by atoms with Crippen LogP contribution in [0.1, 0.15) is 156 Å². The Morgan fingerprint density at radius 2 is 0.676 bits per heavy atom. The number of ether oxygens (including phenoxy) is 8. The highest BCUT2D eigenvalue weighted by Crippen LogP contribution is 2.09. The normalized spacial score (nSPS) is 11.4. The van der Waals surface area contributed by atoms with Crippen LogP contribution in [-0.4, -0.2) is 126 Å². The molecule has 0 spiro atoms. The fourth-order valence-electron chi connectivity index (χ4n) is 5.92. The minimum absolute atomic E-state index is 0.0844. The second-order valence-corrected chi connectivity index (χ2v) is 16.2. The third-order valence-corrected chi connectivity index (χ3v) is 9.82. The first-order valence-corrected chi connectivity index (χ1v) is 24.4. The molecule has 0 heterocycles. The molecule has 0 saturated heterocycles. The number of hydrogen-bond donors (Lipinski definition) is 4. The van der Waals surface area contributed by atoms with Gasteiger partial charge < -0.3 is 59.2 Å². The summed E-state index contributed by atoms with van der Waals surface area (Å²) in [4.78, 5) is 97.9. The third kappa shape index (κ3) is 37.5. The van der Waals surface area contributed by atoms with Crippen molar-refractivity contribution in [3.63, 3.8) is 0 Å². The predicted octanol–water partition coefficient (Wildman–Crippen LogP) is 7.80. The molecule has 2 unspecified atom stereocenters. The number of amides is 4. The molecule has 0 aliphatic heterocycles. The lowest BCUT2D eigenvalue weighted by Gasteiger charge is -2.18. The summed E-state index contributed by atoms with van der Waals surface area (Å²) in [6, 6.07) is -2.04. The smallest absolute Gasteiger partial charge is 0.407 e. The lowest BCUT2D eigenvalue weighted by molar-refractivity contribution is -0.152. The first-order valence-electron chi connectivity index (χ1n) is 24.4. The Kier molecular flexibility index (Phi) is 39.3. The number of alkyl carbamates (subject to hydrolysis) is 4. The van der Waals surface area contributed by atoms with Crippen molar-refractivity contribution >= 4 is 48.3 Å². The second kappa shape index (κ2) is 42.8. The van der Waals surface area contributed by atoms with E-state index in [1.807, 2.05) is 0 Å². The first kappa shape index (κ1) is 62.4. The molecule has 0 aliphatic rings. The summed E-state index contributed by atoms with van der Waals surface area (Å²) in [6.45, 7) is 14.6. The SMILES string of the molecule is C=C(C)C(=O)OCCOC(=O)C(CCCCNC(=O)OCCCCOC(=O)NCCCCC(NC(=O)OCCCCCCCC)C(=O)OCCOC(=O)C(=C)C)NC(=O)OCCCCCCCC. The molecule has 0 saturated carbocycles. The van der Waals surface area contributed by atoms with Crippen LogP contribution in [0.5, 0.6) is 0 Å². The number of carbonyl (C=O) groups excluding carboxylic acids is 8. The van der Waals surface area contributed by atoms with Crippen molar-refractivity contribution in [1.29, 1.82) is 0 Å². The standard InChI is InChI=1S/C48H82N4O16/c1-7-9-11-13-15-21-29-67-47(59)51-39(43(55)63-35-33-61-41(53)37(3)4)25-17-19-27-49-45(57)65-31-23-24-32-66-46(58)50-28-20-18-26-40(44(56)64-36-34-62-42(54)38(5)6)52-48(60)68-30-22-16-14-12-10-8-2/h39-40H,3,5,7-36H2,1-2,4,6H3,(H,49,57)(H,50,58)(H,51,59)(H,52,60). The highest BCUT2D eigenvalue weighted by Gasteiger charge is 2.24. The van der Waals surface area contributed by atoms with Crippen LogP contribution >= 0.6 is 0 Å². The minimum atomic E-state index is -1.02. The topological polar surface area (TPSA) is 259 Å². The molecule has 390 valence electrons. The molecule has 2 atom stereocenters. The van der Waals surface area contributed by atoms with Gasteiger partial charge in [0.1, 0.15) is 38.5 Å². The lowest BCUT2D eigenvalue weighted by atomic mass is 10.1. The number of unbranched alkanes of at least 4 members (excludes halogenated alkanes) is 13. The summed E-state index contributed by atoms with van der Waals surface area (Å²) in [6.07, 6.45) is 12.5. The van der Waals surface area contributed by atoms with Crippen molar-refractivity contribution in [1.82, 2.24) is 21.3 Å². The van der Waals surface area contributed by atoms with Crippen LogP contribution in [0, 0.1) is 0 Å². The maximum Gasteiger partial charge on any atom is 0.407 e. The zero-order chi connectivity index (χ0) is 50.6. The van der Waals surface area contributed by atoms with Crippen LogP contribution in [0.4, 0.5) is 19.2 Å². The van der Waals surface area contributed by atoms with Crippen LogP contribution < -0.4 is 21.3 Å². The van der Waals surface area contributed by atoms with Crippen LogP contribution in [0.2, 0.25) is 0 Å². The molecule has 20 nitrogen and oxygen atoms in total. The molecule has 0 bridgehead atoms. The van der Waals surface area contributed by atoms with Crippen molar-refractivity contribution in [3.8, 4) is 0 Å². The lowest BCUT2D eigenvalue weighted by Crippen LogP contribution is -2.42. The Hall–Kier alpha value is -5.56. The monoisotopic (exact) mass is 971 g/mol. The predicted molar refractivity (Wildman–Crippen MR) is 252 cm³/mol. The van der Waals surface area contributed by atoms with Gasteiger partial charge in [0.15, 0.2) is 0 Å². The molecule has 0 rings (SSSR count). The Morgan fingerprint density at radius 1 is 0.368 bits per heavy atom. The van der Waals surface area contributed by atoms with Gasteiger partial charge in [-0.25, -0.2) is 38.4 Å². The summed E-state index contributed by atoms with van der Waals surface area (Å²) >= 11 is 0. The number of hydrogen-bond acceptors (Lipinski definition) is 16. The van der Waals surface area contributed by atoms with E-state index >= 15 is 0 Å². The number of esters is 4. The van der Waals surface area contributed by atoms with Gasteiger partial charge in [0.05, 0.1) is 26.4 Å². The van der Waals surface area contributed by atoms with E-state index in [1.165, 1.54) is 13.8 Å². The van der Waals surface area contributed by atoms with Crippen molar-refractivity contribution < 1.29 is 76.3 Å². The van der Waals surface area contributed by atoms with Crippen molar-refractivity contribution in [2.24, 2.45) is 0 Å². The number of carbonyl (C=O) groups is 8. The molecule has 0 aliphatic carbocycles. The fraction of sp³-hybridized carbons (Fsp3) is 0.750. The van der Waals surface area contributed by atoms with Crippen molar-refractivity contribution in [2.75, 3.05) is 65.9 Å². The van der Waals surface area contributed by atoms with Gasteiger partial charge in [-0.15, -0.1) is 0 Å². The van der Waals surface area contributed by atoms with Crippen LogP contribution in [-0.2, 0) is 57.1 Å². The van der Waals surface area contributed by atoms with Crippen molar-refractivity contribution in [2.45, 2.75) is 168 Å². The molecule has 0 fully saturated rings. The van der Waals surface area contributed by atoms with Gasteiger partial charge in [-0.1, -0.05) is 91.2 Å².